The number of carbonyl (C=O) groups excluding carboxylic acids is 1. The second kappa shape index (κ2) is 6.12. The number of hydrogen-bond acceptors (Lipinski definition) is 3. The van der Waals surface area contributed by atoms with Crippen LogP contribution in [-0.2, 0) is 6.54 Å². The number of carbonyl (C=O) groups is 1. The molecule has 2 aromatic rings. The van der Waals surface area contributed by atoms with Crippen molar-refractivity contribution in [3.63, 3.8) is 0 Å². The molecule has 4 nitrogen and oxygen atoms in total. The number of benzene rings is 1. The summed E-state index contributed by atoms with van der Waals surface area (Å²) in [5.74, 6) is -0.363. The summed E-state index contributed by atoms with van der Waals surface area (Å²) < 4.78 is 13.4. The van der Waals surface area contributed by atoms with Gasteiger partial charge in [0.1, 0.15) is 5.82 Å². The van der Waals surface area contributed by atoms with Gasteiger partial charge in [-0.2, -0.15) is 0 Å². The number of amides is 2. The smallest absolute Gasteiger partial charge is 0.319 e. The fourth-order valence-electron chi connectivity index (χ4n) is 1.41. The van der Waals surface area contributed by atoms with Crippen molar-refractivity contribution < 1.29 is 9.18 Å². The standard InChI is InChI=1S/C12H11BrFN3OS/c1-7-15-5-9(19-7)6-16-12(18)17-11-3-2-8(14)4-10(11)13/h2-5H,6H2,1H3,(H2,16,17,18). The number of anilines is 1. The Labute approximate surface area is 122 Å². The van der Waals surface area contributed by atoms with E-state index in [1.54, 1.807) is 6.20 Å². The number of urea groups is 1. The van der Waals surface area contributed by atoms with Crippen LogP contribution in [0.5, 0.6) is 0 Å². The Hall–Kier alpha value is -1.47. The van der Waals surface area contributed by atoms with Crippen molar-refractivity contribution in [3.05, 3.63) is 44.6 Å². The van der Waals surface area contributed by atoms with Crippen LogP contribution in [0.1, 0.15) is 9.88 Å². The summed E-state index contributed by atoms with van der Waals surface area (Å²) in [6.07, 6.45) is 1.73. The van der Waals surface area contributed by atoms with Gasteiger partial charge in [-0.25, -0.2) is 14.2 Å². The summed E-state index contributed by atoms with van der Waals surface area (Å²) in [6, 6.07) is 3.73. The summed E-state index contributed by atoms with van der Waals surface area (Å²) in [4.78, 5) is 16.8. The Morgan fingerprint density at radius 1 is 1.53 bits per heavy atom. The maximum absolute atomic E-state index is 12.9. The first-order chi connectivity index (χ1) is 9.04. The maximum atomic E-state index is 12.9. The number of hydrogen-bond donors (Lipinski definition) is 2. The van der Waals surface area contributed by atoms with Crippen LogP contribution in [0.2, 0.25) is 0 Å². The van der Waals surface area contributed by atoms with E-state index < -0.39 is 0 Å². The van der Waals surface area contributed by atoms with Crippen LogP contribution in [0.15, 0.2) is 28.9 Å². The average molecular weight is 344 g/mol. The highest BCUT2D eigenvalue weighted by Gasteiger charge is 2.06. The van der Waals surface area contributed by atoms with Gasteiger partial charge in [0.15, 0.2) is 0 Å². The first-order valence-electron chi connectivity index (χ1n) is 5.46. The summed E-state index contributed by atoms with van der Waals surface area (Å²) in [7, 11) is 0. The van der Waals surface area contributed by atoms with Gasteiger partial charge < -0.3 is 10.6 Å². The molecular weight excluding hydrogens is 333 g/mol. The molecule has 0 atom stereocenters. The topological polar surface area (TPSA) is 54.0 Å². The molecule has 100 valence electrons. The van der Waals surface area contributed by atoms with E-state index in [9.17, 15) is 9.18 Å². The highest BCUT2D eigenvalue weighted by atomic mass is 79.9. The Bertz CT molecular complexity index is 602. The third-order valence-corrected chi connectivity index (χ3v) is 3.84. The van der Waals surface area contributed by atoms with Crippen LogP contribution < -0.4 is 10.6 Å². The number of halogens is 2. The largest absolute Gasteiger partial charge is 0.333 e. The zero-order chi connectivity index (χ0) is 13.8. The molecule has 0 fully saturated rings. The van der Waals surface area contributed by atoms with E-state index in [4.69, 9.17) is 0 Å². The van der Waals surface area contributed by atoms with Crippen molar-refractivity contribution in [2.24, 2.45) is 0 Å². The van der Waals surface area contributed by atoms with Gasteiger partial charge in [0.25, 0.3) is 0 Å². The maximum Gasteiger partial charge on any atom is 0.319 e. The Morgan fingerprint density at radius 3 is 2.95 bits per heavy atom. The van der Waals surface area contributed by atoms with Gasteiger partial charge in [-0.05, 0) is 41.1 Å². The molecule has 2 N–H and O–H groups in total. The fraction of sp³-hybridized carbons (Fsp3) is 0.167. The molecule has 1 aromatic carbocycles. The van der Waals surface area contributed by atoms with Gasteiger partial charge in [0, 0.05) is 15.5 Å². The van der Waals surface area contributed by atoms with Crippen LogP contribution in [0, 0.1) is 12.7 Å². The first kappa shape index (κ1) is 14.0. The highest BCUT2D eigenvalue weighted by molar-refractivity contribution is 9.10. The third kappa shape index (κ3) is 4.00. The van der Waals surface area contributed by atoms with Gasteiger partial charge >= 0.3 is 6.03 Å². The monoisotopic (exact) mass is 343 g/mol. The zero-order valence-electron chi connectivity index (χ0n) is 10.0. The molecule has 19 heavy (non-hydrogen) atoms. The molecule has 0 saturated carbocycles. The lowest BCUT2D eigenvalue weighted by Crippen LogP contribution is -2.28. The molecule has 0 aliphatic carbocycles. The van der Waals surface area contributed by atoms with Crippen molar-refractivity contribution in [1.82, 2.24) is 10.3 Å². The van der Waals surface area contributed by atoms with Crippen LogP contribution in [0.4, 0.5) is 14.9 Å². The minimum absolute atomic E-state index is 0.349. The quantitative estimate of drug-likeness (QED) is 0.893. The minimum atomic E-state index is -0.363. The summed E-state index contributed by atoms with van der Waals surface area (Å²) in [6.45, 7) is 2.32. The molecule has 0 bridgehead atoms. The molecule has 2 rings (SSSR count). The lowest BCUT2D eigenvalue weighted by Gasteiger charge is -2.08. The third-order valence-electron chi connectivity index (χ3n) is 2.27. The first-order valence-corrected chi connectivity index (χ1v) is 7.07. The molecule has 0 aliphatic heterocycles. The van der Waals surface area contributed by atoms with Crippen LogP contribution in [-0.4, -0.2) is 11.0 Å². The molecule has 2 amide bonds. The van der Waals surface area contributed by atoms with Gasteiger partial charge in [-0.3, -0.25) is 0 Å². The normalized spacial score (nSPS) is 10.3. The number of aromatic nitrogens is 1. The van der Waals surface area contributed by atoms with E-state index in [0.717, 1.165) is 9.88 Å². The van der Waals surface area contributed by atoms with E-state index in [1.807, 2.05) is 6.92 Å². The lowest BCUT2D eigenvalue weighted by molar-refractivity contribution is 0.252. The highest BCUT2D eigenvalue weighted by Crippen LogP contribution is 2.22. The molecular formula is C12H11BrFN3OS. The molecule has 1 aromatic heterocycles. The molecule has 1 heterocycles. The number of thiazole rings is 1. The Kier molecular flexibility index (Phi) is 4.49. The molecule has 0 spiro atoms. The van der Waals surface area contributed by atoms with E-state index >= 15 is 0 Å². The van der Waals surface area contributed by atoms with E-state index in [-0.39, 0.29) is 11.8 Å². The summed E-state index contributed by atoms with van der Waals surface area (Å²) in [5, 5.41) is 6.30. The minimum Gasteiger partial charge on any atom is -0.333 e. The average Bonchev–Trinajstić information content (AvgIpc) is 2.76. The van der Waals surface area contributed by atoms with Crippen molar-refractivity contribution in [2.75, 3.05) is 5.32 Å². The lowest BCUT2D eigenvalue weighted by atomic mass is 10.3. The van der Waals surface area contributed by atoms with Crippen molar-refractivity contribution in [1.29, 1.82) is 0 Å². The van der Waals surface area contributed by atoms with Gasteiger partial charge in [-0.1, -0.05) is 0 Å². The number of nitrogens with zero attached hydrogens (tertiary/aromatic N) is 1. The van der Waals surface area contributed by atoms with Gasteiger partial charge in [0.05, 0.1) is 17.2 Å². The number of nitrogens with one attached hydrogen (secondary N) is 2. The Morgan fingerprint density at radius 2 is 2.32 bits per heavy atom. The predicted molar refractivity (Wildman–Crippen MR) is 76.8 cm³/mol. The van der Waals surface area contributed by atoms with Crippen LogP contribution in [0.25, 0.3) is 0 Å². The number of rotatable bonds is 3. The molecule has 7 heteroatoms. The zero-order valence-corrected chi connectivity index (χ0v) is 12.4. The molecule has 0 saturated heterocycles. The van der Waals surface area contributed by atoms with Crippen molar-refractivity contribution in [3.8, 4) is 0 Å². The fourth-order valence-corrected chi connectivity index (χ4v) is 2.60. The Balaban J connectivity index is 1.90. The summed E-state index contributed by atoms with van der Waals surface area (Å²) >= 11 is 4.71. The second-order valence-corrected chi connectivity index (χ2v) is 5.95. The second-order valence-electron chi connectivity index (χ2n) is 3.78. The van der Waals surface area contributed by atoms with Crippen LogP contribution >= 0.6 is 27.3 Å². The molecule has 0 radical (unpaired) electrons. The molecule has 0 aliphatic rings. The van der Waals surface area contributed by atoms with Gasteiger partial charge in [-0.15, -0.1) is 11.3 Å². The molecule has 0 unspecified atom stereocenters. The SMILES string of the molecule is Cc1ncc(CNC(=O)Nc2ccc(F)cc2Br)s1. The van der Waals surface area contributed by atoms with E-state index in [1.165, 1.54) is 29.5 Å². The van der Waals surface area contributed by atoms with Crippen LogP contribution in [0.3, 0.4) is 0 Å². The predicted octanol–water partition coefficient (Wildman–Crippen LogP) is 3.67. The van der Waals surface area contributed by atoms with E-state index in [2.05, 4.69) is 31.5 Å². The summed E-state index contributed by atoms with van der Waals surface area (Å²) in [5.41, 5.74) is 0.513. The van der Waals surface area contributed by atoms with Gasteiger partial charge in [0.2, 0.25) is 0 Å². The number of aryl methyl sites for hydroxylation is 1. The van der Waals surface area contributed by atoms with Crippen molar-refractivity contribution in [2.45, 2.75) is 13.5 Å². The van der Waals surface area contributed by atoms with E-state index in [0.29, 0.717) is 16.7 Å². The van der Waals surface area contributed by atoms with Crippen molar-refractivity contribution >= 4 is 39.0 Å².